The van der Waals surface area contributed by atoms with E-state index in [1.807, 2.05) is 13.0 Å². The normalized spacial score (nSPS) is 50.1. The maximum Gasteiger partial charge on any atom is 0.284 e. The molecule has 0 radical (unpaired) electrons. The Morgan fingerprint density at radius 1 is 1.25 bits per heavy atom. The molecule has 5 rings (SSSR count). The van der Waals surface area contributed by atoms with E-state index in [4.69, 9.17) is 14.2 Å². The van der Waals surface area contributed by atoms with Gasteiger partial charge < -0.3 is 19.3 Å². The summed E-state index contributed by atoms with van der Waals surface area (Å²) >= 11 is 0. The molecule has 4 fully saturated rings. The first-order chi connectivity index (χ1) is 15.1. The lowest BCUT2D eigenvalue weighted by Gasteiger charge is -2.61. The quantitative estimate of drug-likeness (QED) is 0.715. The number of aliphatic hydroxyl groups excluding tert-OH is 1. The fraction of sp³-hybridized carbons (Fsp3) is 0.769. The van der Waals surface area contributed by atoms with E-state index in [0.29, 0.717) is 19.3 Å². The van der Waals surface area contributed by atoms with Gasteiger partial charge in [-0.1, -0.05) is 32.4 Å². The van der Waals surface area contributed by atoms with Gasteiger partial charge in [-0.15, -0.1) is 0 Å². The van der Waals surface area contributed by atoms with Crippen LogP contribution in [-0.4, -0.2) is 48.1 Å². The van der Waals surface area contributed by atoms with Crippen LogP contribution in [-0.2, 0) is 23.8 Å². The first-order valence-electron chi connectivity index (χ1n) is 12.2. The lowest BCUT2D eigenvalue weighted by molar-refractivity contribution is -0.426. The number of aliphatic hydroxyl groups is 1. The Labute approximate surface area is 190 Å². The highest BCUT2D eigenvalue weighted by Crippen LogP contribution is 2.68. The van der Waals surface area contributed by atoms with E-state index in [0.717, 1.165) is 31.3 Å². The minimum atomic E-state index is -1.21. The zero-order valence-corrected chi connectivity index (χ0v) is 19.7. The van der Waals surface area contributed by atoms with Crippen LogP contribution >= 0.6 is 0 Å². The topological polar surface area (TPSA) is 82.1 Å². The third kappa shape index (κ3) is 2.79. The van der Waals surface area contributed by atoms with Crippen molar-refractivity contribution in [2.75, 3.05) is 13.7 Å². The van der Waals surface area contributed by atoms with Gasteiger partial charge in [-0.3, -0.25) is 9.59 Å². The van der Waals surface area contributed by atoms with Gasteiger partial charge in [0.2, 0.25) is 0 Å². The van der Waals surface area contributed by atoms with Crippen molar-refractivity contribution in [2.45, 2.75) is 83.4 Å². The Bertz CT molecular complexity index is 893. The highest BCUT2D eigenvalue weighted by Gasteiger charge is 2.71. The van der Waals surface area contributed by atoms with Gasteiger partial charge in [0.25, 0.3) is 5.97 Å². The molecule has 0 bridgehead atoms. The number of ether oxygens (including phenoxy) is 3. The van der Waals surface area contributed by atoms with Crippen LogP contribution in [0.1, 0.15) is 65.7 Å². The van der Waals surface area contributed by atoms with Crippen LogP contribution in [0.3, 0.4) is 0 Å². The van der Waals surface area contributed by atoms with Crippen molar-refractivity contribution < 1.29 is 28.9 Å². The number of hydrogen-bond acceptors (Lipinski definition) is 6. The summed E-state index contributed by atoms with van der Waals surface area (Å²) in [6, 6.07) is 0. The zero-order valence-electron chi connectivity index (χ0n) is 19.7. The standard InChI is InChI=1S/C26H36O6/c1-5-10-26(30-4)31-15-21(29)25(32-26)12-9-19-18-7-6-16-13-17(27)8-11-23(16,2)22(18)20(28)14-24(19,25)3/h8,11,13,18-20,22,28H,5-7,9-10,12,14-15H2,1-4H3/t18-,19-,20-,22+,23-,24-,25-,26?/m0/s1. The Balaban J connectivity index is 1.53. The van der Waals surface area contributed by atoms with E-state index >= 15 is 0 Å². The number of carbonyl (C=O) groups excluding carboxylic acids is 2. The minimum absolute atomic E-state index is 0.0181. The number of rotatable bonds is 3. The van der Waals surface area contributed by atoms with E-state index in [1.54, 1.807) is 19.3 Å². The second-order valence-electron chi connectivity index (χ2n) is 11.0. The molecule has 0 amide bonds. The fourth-order valence-corrected chi connectivity index (χ4v) is 8.22. The number of ketones is 2. The molecule has 6 heteroatoms. The molecule has 0 aromatic carbocycles. The summed E-state index contributed by atoms with van der Waals surface area (Å²) in [7, 11) is 1.58. The Morgan fingerprint density at radius 2 is 2.03 bits per heavy atom. The monoisotopic (exact) mass is 444 g/mol. The van der Waals surface area contributed by atoms with Crippen molar-refractivity contribution in [3.63, 3.8) is 0 Å². The molecule has 0 aromatic heterocycles. The van der Waals surface area contributed by atoms with Gasteiger partial charge in [-0.05, 0) is 62.5 Å². The van der Waals surface area contributed by atoms with Crippen LogP contribution in [0.2, 0.25) is 0 Å². The van der Waals surface area contributed by atoms with Crippen LogP contribution < -0.4 is 0 Å². The van der Waals surface area contributed by atoms with Gasteiger partial charge >= 0.3 is 0 Å². The van der Waals surface area contributed by atoms with Crippen molar-refractivity contribution in [3.05, 3.63) is 23.8 Å². The predicted octanol–water partition coefficient (Wildman–Crippen LogP) is 3.72. The van der Waals surface area contributed by atoms with Gasteiger partial charge in [0, 0.05) is 30.3 Å². The van der Waals surface area contributed by atoms with Crippen LogP contribution in [0.4, 0.5) is 0 Å². The molecule has 0 aromatic rings. The summed E-state index contributed by atoms with van der Waals surface area (Å²) in [5.41, 5.74) is -0.659. The van der Waals surface area contributed by atoms with Crippen LogP contribution in [0, 0.1) is 28.6 Å². The number of allylic oxidation sites excluding steroid dienone is 4. The summed E-state index contributed by atoms with van der Waals surface area (Å²) in [5.74, 6) is -0.619. The maximum absolute atomic E-state index is 13.4. The van der Waals surface area contributed by atoms with Gasteiger partial charge in [0.15, 0.2) is 11.6 Å². The Kier molecular flexibility index (Phi) is 5.14. The molecule has 1 unspecified atom stereocenters. The molecule has 4 aliphatic carbocycles. The Morgan fingerprint density at radius 3 is 2.75 bits per heavy atom. The van der Waals surface area contributed by atoms with E-state index in [1.165, 1.54) is 0 Å². The molecule has 6 nitrogen and oxygen atoms in total. The van der Waals surface area contributed by atoms with E-state index < -0.39 is 23.1 Å². The average molecular weight is 445 g/mol. The zero-order chi connectivity index (χ0) is 22.9. The van der Waals surface area contributed by atoms with Crippen LogP contribution in [0.25, 0.3) is 0 Å². The molecule has 32 heavy (non-hydrogen) atoms. The van der Waals surface area contributed by atoms with Crippen molar-refractivity contribution in [3.8, 4) is 0 Å². The maximum atomic E-state index is 13.4. The van der Waals surface area contributed by atoms with Crippen molar-refractivity contribution in [2.24, 2.45) is 28.6 Å². The smallest absolute Gasteiger partial charge is 0.284 e. The summed E-state index contributed by atoms with van der Waals surface area (Å²) < 4.78 is 18.1. The molecule has 176 valence electrons. The van der Waals surface area contributed by atoms with Crippen molar-refractivity contribution in [1.82, 2.24) is 0 Å². The third-order valence-corrected chi connectivity index (χ3v) is 9.69. The first-order valence-corrected chi connectivity index (χ1v) is 12.2. The number of methoxy groups -OCH3 is 1. The van der Waals surface area contributed by atoms with E-state index in [2.05, 4.69) is 13.8 Å². The summed E-state index contributed by atoms with van der Waals surface area (Å²) in [6.07, 6.45) is 10.0. The second kappa shape index (κ2) is 7.33. The van der Waals surface area contributed by atoms with Crippen LogP contribution in [0.15, 0.2) is 23.8 Å². The summed E-state index contributed by atoms with van der Waals surface area (Å²) in [4.78, 5) is 25.4. The van der Waals surface area contributed by atoms with Gasteiger partial charge in [0.05, 0.1) is 6.10 Å². The minimum Gasteiger partial charge on any atom is -0.393 e. The number of Topliss-reactive ketones (excluding diaryl/α,β-unsaturated/α-hetero) is 1. The molecule has 3 saturated carbocycles. The fourth-order valence-electron chi connectivity index (χ4n) is 8.22. The number of hydrogen-bond donors (Lipinski definition) is 1. The van der Waals surface area contributed by atoms with E-state index in [9.17, 15) is 14.7 Å². The molecule has 1 aliphatic heterocycles. The van der Waals surface area contributed by atoms with Gasteiger partial charge in [-0.2, -0.15) is 0 Å². The first kappa shape index (κ1) is 22.5. The largest absolute Gasteiger partial charge is 0.393 e. The molecule has 1 saturated heterocycles. The van der Waals surface area contributed by atoms with E-state index in [-0.39, 0.29) is 41.3 Å². The number of fused-ring (bicyclic) bond motifs is 6. The molecular formula is C26H36O6. The summed E-state index contributed by atoms with van der Waals surface area (Å²) in [5, 5.41) is 11.6. The highest BCUT2D eigenvalue weighted by atomic mass is 16.9. The lowest BCUT2D eigenvalue weighted by atomic mass is 9.46. The lowest BCUT2D eigenvalue weighted by Crippen LogP contribution is -2.67. The van der Waals surface area contributed by atoms with Crippen LogP contribution in [0.5, 0.6) is 0 Å². The molecule has 1 heterocycles. The average Bonchev–Trinajstić information content (AvgIpc) is 3.03. The third-order valence-electron chi connectivity index (χ3n) is 9.69. The molecule has 5 aliphatic rings. The molecule has 1 spiro atoms. The SMILES string of the molecule is CCCC1(OC)OCC(=O)[C@]2(CC[C@H]3[C@@H]4CCC5=CC(=O)C=C[C@]5(C)[C@H]4[C@@H](O)C[C@@]32C)O1. The van der Waals surface area contributed by atoms with Gasteiger partial charge in [-0.25, -0.2) is 0 Å². The molecule has 1 N–H and O–H groups in total. The number of carbonyl (C=O) groups is 2. The van der Waals surface area contributed by atoms with Gasteiger partial charge in [0.1, 0.15) is 12.2 Å². The van der Waals surface area contributed by atoms with Crippen molar-refractivity contribution in [1.29, 1.82) is 0 Å². The van der Waals surface area contributed by atoms with Crippen molar-refractivity contribution >= 4 is 11.6 Å². The summed E-state index contributed by atoms with van der Waals surface area (Å²) in [6.45, 7) is 6.34. The Hall–Kier alpha value is -1.34. The molecule has 8 atom stereocenters. The second-order valence-corrected chi connectivity index (χ2v) is 11.0. The predicted molar refractivity (Wildman–Crippen MR) is 117 cm³/mol. The molecular weight excluding hydrogens is 408 g/mol. The highest BCUT2D eigenvalue weighted by molar-refractivity contribution is 6.01.